The van der Waals surface area contributed by atoms with Crippen molar-refractivity contribution in [2.45, 2.75) is 31.9 Å². The average Bonchev–Trinajstić information content (AvgIpc) is 2.72. The molecule has 1 aliphatic rings. The highest BCUT2D eigenvalue weighted by Crippen LogP contribution is 2.29. The molecule has 146 valence electrons. The summed E-state index contributed by atoms with van der Waals surface area (Å²) in [4.78, 5) is 14.2. The van der Waals surface area contributed by atoms with Gasteiger partial charge in [-0.25, -0.2) is 0 Å². The maximum atomic E-state index is 11.5. The molecular formula is C22H24N2O4. The van der Waals surface area contributed by atoms with Crippen molar-refractivity contribution in [1.29, 1.82) is 0 Å². The molecule has 6 heteroatoms. The lowest BCUT2D eigenvalue weighted by atomic mass is 9.98. The number of aromatic hydroxyl groups is 1. The van der Waals surface area contributed by atoms with E-state index in [4.69, 9.17) is 4.74 Å². The number of rotatable bonds is 5. The lowest BCUT2D eigenvalue weighted by Crippen LogP contribution is -2.41. The van der Waals surface area contributed by atoms with Crippen molar-refractivity contribution >= 4 is 10.9 Å². The van der Waals surface area contributed by atoms with Crippen LogP contribution in [-0.4, -0.2) is 34.4 Å². The predicted octanol–water partition coefficient (Wildman–Crippen LogP) is 2.42. The minimum atomic E-state index is -0.780. The molecule has 0 radical (unpaired) electrons. The molecule has 0 aliphatic carbocycles. The fraction of sp³-hybridized carbons (Fsp3) is 0.318. The molecule has 0 fully saturated rings. The van der Waals surface area contributed by atoms with Gasteiger partial charge in [0.25, 0.3) is 0 Å². The van der Waals surface area contributed by atoms with Crippen LogP contribution in [0.5, 0.6) is 11.5 Å². The third-order valence-electron chi connectivity index (χ3n) is 5.31. The predicted molar refractivity (Wildman–Crippen MR) is 108 cm³/mol. The van der Waals surface area contributed by atoms with Crippen LogP contribution in [0.25, 0.3) is 10.9 Å². The highest BCUT2D eigenvalue weighted by Gasteiger charge is 2.21. The molecule has 4 rings (SSSR count). The number of aryl methyl sites for hydroxylation is 1. The fourth-order valence-corrected chi connectivity index (χ4v) is 3.74. The number of hydrogen-bond donors (Lipinski definition) is 4. The zero-order valence-electron chi connectivity index (χ0n) is 15.7. The van der Waals surface area contributed by atoms with Gasteiger partial charge in [0.15, 0.2) is 0 Å². The molecule has 28 heavy (non-hydrogen) atoms. The molecule has 1 unspecified atom stereocenters. The minimum Gasteiger partial charge on any atom is -0.506 e. The smallest absolute Gasteiger partial charge is 0.248 e. The van der Waals surface area contributed by atoms with Gasteiger partial charge in [0, 0.05) is 24.0 Å². The number of benzene rings is 2. The Kier molecular flexibility index (Phi) is 5.07. The van der Waals surface area contributed by atoms with Crippen LogP contribution in [0.4, 0.5) is 0 Å². The van der Waals surface area contributed by atoms with Gasteiger partial charge < -0.3 is 25.3 Å². The van der Waals surface area contributed by atoms with Crippen LogP contribution in [0, 0.1) is 0 Å². The van der Waals surface area contributed by atoms with Gasteiger partial charge in [0.1, 0.15) is 18.1 Å². The minimum absolute atomic E-state index is 0.0133. The van der Waals surface area contributed by atoms with Crippen molar-refractivity contribution in [3.63, 3.8) is 0 Å². The van der Waals surface area contributed by atoms with E-state index in [1.165, 1.54) is 23.3 Å². The number of aromatic amines is 1. The van der Waals surface area contributed by atoms with E-state index in [0.717, 1.165) is 18.6 Å². The second-order valence-electron chi connectivity index (χ2n) is 7.22. The first-order valence-corrected chi connectivity index (χ1v) is 9.56. The van der Waals surface area contributed by atoms with E-state index in [2.05, 4.69) is 29.4 Å². The van der Waals surface area contributed by atoms with Crippen LogP contribution in [-0.2, 0) is 12.8 Å². The zero-order chi connectivity index (χ0) is 19.7. The summed E-state index contributed by atoms with van der Waals surface area (Å²) in [5.74, 6) is 0.921. The number of fused-ring (bicyclic) bond motifs is 2. The summed E-state index contributed by atoms with van der Waals surface area (Å²) < 4.78 is 5.86. The lowest BCUT2D eigenvalue weighted by molar-refractivity contribution is 0.158. The summed E-state index contributed by atoms with van der Waals surface area (Å²) in [6.45, 7) is 3.03. The molecule has 0 saturated carbocycles. The maximum absolute atomic E-state index is 11.5. The fourth-order valence-electron chi connectivity index (χ4n) is 3.74. The largest absolute Gasteiger partial charge is 0.506 e. The summed E-state index contributed by atoms with van der Waals surface area (Å²) in [7, 11) is 0. The van der Waals surface area contributed by atoms with E-state index >= 15 is 0 Å². The van der Waals surface area contributed by atoms with Gasteiger partial charge in [-0.05, 0) is 47.7 Å². The van der Waals surface area contributed by atoms with Gasteiger partial charge in [-0.2, -0.15) is 0 Å². The van der Waals surface area contributed by atoms with Gasteiger partial charge >= 0.3 is 0 Å². The van der Waals surface area contributed by atoms with Gasteiger partial charge in [0.05, 0.1) is 11.6 Å². The molecule has 2 heterocycles. The highest BCUT2D eigenvalue weighted by atomic mass is 16.5. The molecule has 0 amide bonds. The highest BCUT2D eigenvalue weighted by molar-refractivity contribution is 5.87. The molecule has 3 aromatic rings. The number of ether oxygens (including phenoxy) is 1. The van der Waals surface area contributed by atoms with Gasteiger partial charge in [-0.15, -0.1) is 0 Å². The van der Waals surface area contributed by atoms with Gasteiger partial charge in [-0.1, -0.05) is 25.1 Å². The molecule has 6 nitrogen and oxygen atoms in total. The quantitative estimate of drug-likeness (QED) is 0.545. The summed E-state index contributed by atoms with van der Waals surface area (Å²) >= 11 is 0. The molecule has 0 bridgehead atoms. The van der Waals surface area contributed by atoms with Crippen molar-refractivity contribution in [2.75, 3.05) is 13.2 Å². The Morgan fingerprint density at radius 3 is 2.93 bits per heavy atom. The number of nitrogens with one attached hydrogen (secondary N) is 2. The number of phenols is 1. The summed E-state index contributed by atoms with van der Waals surface area (Å²) in [5.41, 5.74) is 3.17. The second kappa shape index (κ2) is 7.66. The van der Waals surface area contributed by atoms with Crippen LogP contribution < -0.4 is 15.6 Å². The summed E-state index contributed by atoms with van der Waals surface area (Å²) in [6.07, 6.45) is 1.05. The third kappa shape index (κ3) is 3.61. The van der Waals surface area contributed by atoms with Crippen molar-refractivity contribution in [1.82, 2.24) is 10.3 Å². The van der Waals surface area contributed by atoms with Crippen LogP contribution in [0.15, 0.2) is 47.3 Å². The standard InChI is InChI=1S/C22H24N2O4/c1-2-13-3-7-20-14(9-13)10-15(12-28-20)23-11-19(26)16-4-6-18(25)22-17(16)5-8-21(27)24-22/h3-9,15,19,23,25-26H,2,10-12H2,1H3,(H,24,27)/t15?,19-/m0/s1. The van der Waals surface area contributed by atoms with E-state index < -0.39 is 6.10 Å². The zero-order valence-corrected chi connectivity index (χ0v) is 15.7. The average molecular weight is 380 g/mol. The van der Waals surface area contributed by atoms with E-state index in [9.17, 15) is 15.0 Å². The van der Waals surface area contributed by atoms with E-state index in [0.29, 0.717) is 29.6 Å². The van der Waals surface area contributed by atoms with Crippen LogP contribution in [0.1, 0.15) is 29.7 Å². The summed E-state index contributed by atoms with van der Waals surface area (Å²) in [5, 5.41) is 24.7. The van der Waals surface area contributed by atoms with Crippen molar-refractivity contribution in [3.8, 4) is 11.5 Å². The Morgan fingerprint density at radius 1 is 1.25 bits per heavy atom. The molecule has 2 aromatic carbocycles. The number of aliphatic hydroxyl groups is 1. The number of aromatic nitrogens is 1. The Balaban J connectivity index is 1.48. The normalized spacial score (nSPS) is 17.1. The third-order valence-corrected chi connectivity index (χ3v) is 5.31. The second-order valence-corrected chi connectivity index (χ2v) is 7.22. The molecule has 0 spiro atoms. The Morgan fingerprint density at radius 2 is 2.11 bits per heavy atom. The lowest BCUT2D eigenvalue weighted by Gasteiger charge is -2.27. The number of pyridine rings is 1. The molecule has 0 saturated heterocycles. The van der Waals surface area contributed by atoms with Crippen LogP contribution in [0.2, 0.25) is 0 Å². The Hall–Kier alpha value is -2.83. The first-order chi connectivity index (χ1) is 13.5. The first-order valence-electron chi connectivity index (χ1n) is 9.56. The molecule has 2 atom stereocenters. The molecule has 4 N–H and O–H groups in total. The summed E-state index contributed by atoms with van der Waals surface area (Å²) in [6, 6.07) is 12.6. The van der Waals surface area contributed by atoms with Crippen molar-refractivity contribution in [2.24, 2.45) is 0 Å². The van der Waals surface area contributed by atoms with Crippen LogP contribution in [0.3, 0.4) is 0 Å². The maximum Gasteiger partial charge on any atom is 0.248 e. The van der Waals surface area contributed by atoms with E-state index in [1.807, 2.05) is 6.07 Å². The molecular weight excluding hydrogens is 356 g/mol. The van der Waals surface area contributed by atoms with Gasteiger partial charge in [0.2, 0.25) is 5.56 Å². The Bertz CT molecular complexity index is 1060. The first kappa shape index (κ1) is 18.5. The van der Waals surface area contributed by atoms with Crippen molar-refractivity contribution < 1.29 is 14.9 Å². The number of H-pyrrole nitrogens is 1. The molecule has 1 aliphatic heterocycles. The number of phenolic OH excluding ortho intramolecular Hbond substituents is 1. The monoisotopic (exact) mass is 380 g/mol. The Labute approximate surface area is 162 Å². The SMILES string of the molecule is CCc1ccc2c(c1)CC(NC[C@H](O)c1ccc(O)c3[nH]c(=O)ccc13)CO2. The van der Waals surface area contributed by atoms with E-state index in [1.54, 1.807) is 12.1 Å². The number of hydrogen-bond acceptors (Lipinski definition) is 5. The van der Waals surface area contributed by atoms with Gasteiger partial charge in [-0.3, -0.25) is 4.79 Å². The topological polar surface area (TPSA) is 94.6 Å². The molecule has 1 aromatic heterocycles. The number of aliphatic hydroxyl groups excluding tert-OH is 1. The van der Waals surface area contributed by atoms with E-state index in [-0.39, 0.29) is 17.4 Å². The van der Waals surface area contributed by atoms with Crippen LogP contribution >= 0.6 is 0 Å². The van der Waals surface area contributed by atoms with Crippen molar-refractivity contribution in [3.05, 3.63) is 69.5 Å².